The fourth-order valence-electron chi connectivity index (χ4n) is 2.32. The van der Waals surface area contributed by atoms with Crippen molar-refractivity contribution in [2.75, 3.05) is 19.7 Å². The second-order valence-electron chi connectivity index (χ2n) is 5.01. The third-order valence-corrected chi connectivity index (χ3v) is 3.07. The van der Waals surface area contributed by atoms with Crippen LogP contribution in [0, 0.1) is 5.82 Å². The van der Waals surface area contributed by atoms with Gasteiger partial charge in [-0.05, 0) is 26.0 Å². The first kappa shape index (κ1) is 13.8. The Kier molecular flexibility index (Phi) is 4.37. The largest absolute Gasteiger partial charge is 0.484 e. The molecule has 5 heteroatoms. The molecule has 1 aromatic carbocycles. The quantitative estimate of drug-likeness (QED) is 0.899. The van der Waals surface area contributed by atoms with Crippen LogP contribution in [0.3, 0.4) is 0 Å². The van der Waals surface area contributed by atoms with Gasteiger partial charge in [-0.25, -0.2) is 4.39 Å². The van der Waals surface area contributed by atoms with Crippen molar-refractivity contribution in [3.63, 3.8) is 0 Å². The highest BCUT2D eigenvalue weighted by Crippen LogP contribution is 2.12. The van der Waals surface area contributed by atoms with Crippen LogP contribution in [-0.2, 0) is 4.79 Å². The molecule has 0 bridgehead atoms. The number of piperazine rings is 1. The second-order valence-corrected chi connectivity index (χ2v) is 5.01. The molecular weight excluding hydrogens is 247 g/mol. The molecule has 0 spiro atoms. The van der Waals surface area contributed by atoms with Crippen molar-refractivity contribution < 1.29 is 13.9 Å². The van der Waals surface area contributed by atoms with Crippen molar-refractivity contribution in [3.8, 4) is 5.75 Å². The minimum atomic E-state index is -0.366. The summed E-state index contributed by atoms with van der Waals surface area (Å²) in [6.45, 7) is 5.39. The van der Waals surface area contributed by atoms with Gasteiger partial charge in [-0.1, -0.05) is 6.07 Å². The smallest absolute Gasteiger partial charge is 0.260 e. The third-order valence-electron chi connectivity index (χ3n) is 3.07. The molecular formula is C14H19FN2O2. The first-order valence-corrected chi connectivity index (χ1v) is 6.47. The van der Waals surface area contributed by atoms with Gasteiger partial charge in [0.25, 0.3) is 5.91 Å². The number of carbonyl (C=O) groups excluding carboxylic acids is 1. The van der Waals surface area contributed by atoms with Crippen LogP contribution >= 0.6 is 0 Å². The molecule has 1 heterocycles. The van der Waals surface area contributed by atoms with Crippen LogP contribution in [0.25, 0.3) is 0 Å². The Labute approximate surface area is 112 Å². The lowest BCUT2D eigenvalue weighted by molar-refractivity contribution is -0.135. The van der Waals surface area contributed by atoms with Gasteiger partial charge in [-0.15, -0.1) is 0 Å². The van der Waals surface area contributed by atoms with Gasteiger partial charge < -0.3 is 15.0 Å². The van der Waals surface area contributed by atoms with E-state index in [1.54, 1.807) is 17.0 Å². The molecule has 0 unspecified atom stereocenters. The minimum absolute atomic E-state index is 0.0527. The number of nitrogens with zero attached hydrogens (tertiary/aromatic N) is 1. The monoisotopic (exact) mass is 266 g/mol. The van der Waals surface area contributed by atoms with E-state index < -0.39 is 0 Å². The molecule has 2 rings (SSSR count). The summed E-state index contributed by atoms with van der Waals surface area (Å²) in [5.74, 6) is -0.0524. The van der Waals surface area contributed by atoms with E-state index in [1.165, 1.54) is 12.1 Å². The van der Waals surface area contributed by atoms with E-state index in [4.69, 9.17) is 4.74 Å². The SMILES string of the molecule is C[C@@H]1CN(C(=O)COc2cccc(F)c2)C[C@H](C)N1. The second kappa shape index (κ2) is 6.02. The molecule has 0 aliphatic carbocycles. The number of halogens is 1. The molecule has 1 saturated heterocycles. The number of hydrogen-bond donors (Lipinski definition) is 1. The van der Waals surface area contributed by atoms with Crippen LogP contribution in [0.2, 0.25) is 0 Å². The molecule has 4 nitrogen and oxygen atoms in total. The molecule has 1 N–H and O–H groups in total. The zero-order valence-electron chi connectivity index (χ0n) is 11.2. The van der Waals surface area contributed by atoms with E-state index in [2.05, 4.69) is 5.32 Å². The zero-order valence-corrected chi connectivity index (χ0v) is 11.2. The van der Waals surface area contributed by atoms with Crippen LogP contribution in [0.4, 0.5) is 4.39 Å². The van der Waals surface area contributed by atoms with Gasteiger partial charge in [0.05, 0.1) is 0 Å². The van der Waals surface area contributed by atoms with Gasteiger partial charge in [0.1, 0.15) is 11.6 Å². The predicted octanol–water partition coefficient (Wildman–Crippen LogP) is 1.41. The van der Waals surface area contributed by atoms with E-state index in [9.17, 15) is 9.18 Å². The normalized spacial score (nSPS) is 23.2. The van der Waals surface area contributed by atoms with E-state index in [0.29, 0.717) is 18.8 Å². The van der Waals surface area contributed by atoms with Crippen LogP contribution in [0.1, 0.15) is 13.8 Å². The molecule has 1 aliphatic heterocycles. The fraction of sp³-hybridized carbons (Fsp3) is 0.500. The summed E-state index contributed by atoms with van der Waals surface area (Å²) in [6.07, 6.45) is 0. The third kappa shape index (κ3) is 3.92. The highest BCUT2D eigenvalue weighted by Gasteiger charge is 2.24. The van der Waals surface area contributed by atoms with Gasteiger partial charge in [-0.3, -0.25) is 4.79 Å². The number of nitrogens with one attached hydrogen (secondary N) is 1. The maximum atomic E-state index is 13.0. The maximum absolute atomic E-state index is 13.0. The fourth-order valence-corrected chi connectivity index (χ4v) is 2.32. The van der Waals surface area contributed by atoms with Gasteiger partial charge >= 0.3 is 0 Å². The summed E-state index contributed by atoms with van der Waals surface area (Å²) in [4.78, 5) is 13.8. The summed E-state index contributed by atoms with van der Waals surface area (Å²) in [7, 11) is 0. The Morgan fingerprint density at radius 2 is 2.11 bits per heavy atom. The molecule has 1 amide bonds. The Hall–Kier alpha value is -1.62. The first-order chi connectivity index (χ1) is 9.04. The summed E-state index contributed by atoms with van der Waals surface area (Å²) >= 11 is 0. The molecule has 1 aliphatic rings. The summed E-state index contributed by atoms with van der Waals surface area (Å²) in [6, 6.07) is 6.37. The van der Waals surface area contributed by atoms with Crippen molar-refractivity contribution in [2.24, 2.45) is 0 Å². The number of ether oxygens (including phenoxy) is 1. The summed E-state index contributed by atoms with van der Waals surface area (Å²) in [5.41, 5.74) is 0. The Morgan fingerprint density at radius 1 is 1.42 bits per heavy atom. The number of amides is 1. The van der Waals surface area contributed by atoms with Crippen molar-refractivity contribution in [3.05, 3.63) is 30.1 Å². The van der Waals surface area contributed by atoms with Crippen LogP contribution in [0.15, 0.2) is 24.3 Å². The predicted molar refractivity (Wildman–Crippen MR) is 70.5 cm³/mol. The van der Waals surface area contributed by atoms with Gasteiger partial charge in [-0.2, -0.15) is 0 Å². The topological polar surface area (TPSA) is 41.6 Å². The Bertz CT molecular complexity index is 443. The van der Waals surface area contributed by atoms with Gasteiger partial charge in [0.15, 0.2) is 6.61 Å². The lowest BCUT2D eigenvalue weighted by atomic mass is 10.1. The number of hydrogen-bond acceptors (Lipinski definition) is 3. The number of carbonyl (C=O) groups is 1. The van der Waals surface area contributed by atoms with Crippen molar-refractivity contribution in [1.82, 2.24) is 10.2 Å². The standard InChI is InChI=1S/C14H19FN2O2/c1-10-7-17(8-11(2)16-10)14(18)9-19-13-5-3-4-12(15)6-13/h3-6,10-11,16H,7-9H2,1-2H3/t10-,11+. The number of benzene rings is 1. The molecule has 0 radical (unpaired) electrons. The summed E-state index contributed by atoms with van der Waals surface area (Å²) in [5, 5.41) is 3.36. The van der Waals surface area contributed by atoms with Crippen LogP contribution < -0.4 is 10.1 Å². The highest BCUT2D eigenvalue weighted by atomic mass is 19.1. The molecule has 0 aromatic heterocycles. The van der Waals surface area contributed by atoms with E-state index in [1.807, 2.05) is 13.8 Å². The Morgan fingerprint density at radius 3 is 2.74 bits per heavy atom. The average Bonchev–Trinajstić information content (AvgIpc) is 2.35. The molecule has 0 saturated carbocycles. The van der Waals surface area contributed by atoms with E-state index >= 15 is 0 Å². The van der Waals surface area contributed by atoms with Crippen molar-refractivity contribution >= 4 is 5.91 Å². The number of rotatable bonds is 3. The maximum Gasteiger partial charge on any atom is 0.260 e. The molecule has 2 atom stereocenters. The highest BCUT2D eigenvalue weighted by molar-refractivity contribution is 5.78. The van der Waals surface area contributed by atoms with E-state index in [0.717, 1.165) is 0 Å². The lowest BCUT2D eigenvalue weighted by Gasteiger charge is -2.36. The van der Waals surface area contributed by atoms with Crippen LogP contribution in [-0.4, -0.2) is 42.6 Å². The lowest BCUT2D eigenvalue weighted by Crippen LogP contribution is -2.56. The van der Waals surface area contributed by atoms with Crippen LogP contribution in [0.5, 0.6) is 5.75 Å². The van der Waals surface area contributed by atoms with Crippen molar-refractivity contribution in [1.29, 1.82) is 0 Å². The van der Waals surface area contributed by atoms with Gasteiger partial charge in [0.2, 0.25) is 0 Å². The first-order valence-electron chi connectivity index (χ1n) is 6.47. The summed E-state index contributed by atoms with van der Waals surface area (Å²) < 4.78 is 18.3. The molecule has 1 fully saturated rings. The molecule has 104 valence electrons. The van der Waals surface area contributed by atoms with Gasteiger partial charge in [0, 0.05) is 31.2 Å². The van der Waals surface area contributed by atoms with Crippen molar-refractivity contribution in [2.45, 2.75) is 25.9 Å². The minimum Gasteiger partial charge on any atom is -0.484 e. The zero-order chi connectivity index (χ0) is 13.8. The molecule has 19 heavy (non-hydrogen) atoms. The molecule has 1 aromatic rings. The average molecular weight is 266 g/mol. The van der Waals surface area contributed by atoms with E-state index in [-0.39, 0.29) is 30.4 Å². The Balaban J connectivity index is 1.87.